The number of benzene rings is 2. The number of nitrogens with one attached hydrogen (secondary N) is 1. The Morgan fingerprint density at radius 3 is 2.68 bits per heavy atom. The molecule has 0 saturated heterocycles. The zero-order valence-electron chi connectivity index (χ0n) is 12.1. The third-order valence-corrected chi connectivity index (χ3v) is 3.94. The molecule has 110 valence electrons. The van der Waals surface area contributed by atoms with Crippen molar-refractivity contribution in [2.75, 3.05) is 0 Å². The largest absolute Gasteiger partial charge is 0.345 e. The van der Waals surface area contributed by atoms with E-state index in [0.29, 0.717) is 5.56 Å². The predicted molar refractivity (Wildman–Crippen MR) is 89.1 cm³/mol. The van der Waals surface area contributed by atoms with E-state index < -0.39 is 0 Å². The molecule has 0 saturated carbocycles. The van der Waals surface area contributed by atoms with E-state index in [2.05, 4.69) is 28.5 Å². The maximum atomic E-state index is 12.3. The summed E-state index contributed by atoms with van der Waals surface area (Å²) in [5, 5.41) is 5.48. The monoisotopic (exact) mass is 310 g/mol. The van der Waals surface area contributed by atoms with Gasteiger partial charge in [-0.05, 0) is 35.4 Å². The number of amides is 1. The molecule has 1 aromatic heterocycles. The molecule has 1 heterocycles. The smallest absolute Gasteiger partial charge is 0.254 e. The van der Waals surface area contributed by atoms with Gasteiger partial charge >= 0.3 is 0 Å². The van der Waals surface area contributed by atoms with Crippen LogP contribution in [0.1, 0.15) is 28.9 Å². The summed E-state index contributed by atoms with van der Waals surface area (Å²) in [6, 6.07) is 17.4. The van der Waals surface area contributed by atoms with Crippen LogP contribution in [0.2, 0.25) is 5.15 Å². The third-order valence-electron chi connectivity index (χ3n) is 3.64. The number of rotatable bonds is 3. The summed E-state index contributed by atoms with van der Waals surface area (Å²) in [7, 11) is 0. The van der Waals surface area contributed by atoms with Crippen molar-refractivity contribution < 1.29 is 4.79 Å². The number of aromatic nitrogens is 1. The van der Waals surface area contributed by atoms with Gasteiger partial charge in [-0.2, -0.15) is 0 Å². The maximum absolute atomic E-state index is 12.3. The molecule has 1 atom stereocenters. The second-order valence-corrected chi connectivity index (χ2v) is 5.46. The van der Waals surface area contributed by atoms with E-state index in [-0.39, 0.29) is 17.1 Å². The molecule has 0 bridgehead atoms. The molecule has 1 amide bonds. The lowest BCUT2D eigenvalue weighted by Crippen LogP contribution is -2.27. The lowest BCUT2D eigenvalue weighted by Gasteiger charge is -2.17. The first kappa shape index (κ1) is 14.5. The molecule has 0 radical (unpaired) electrons. The lowest BCUT2D eigenvalue weighted by molar-refractivity contribution is 0.0940. The van der Waals surface area contributed by atoms with E-state index in [9.17, 15) is 4.79 Å². The fourth-order valence-electron chi connectivity index (χ4n) is 2.54. The van der Waals surface area contributed by atoms with Crippen LogP contribution in [0.25, 0.3) is 10.8 Å². The molecule has 0 fully saturated rings. The first-order chi connectivity index (χ1) is 10.7. The first-order valence-electron chi connectivity index (χ1n) is 7.06. The molecule has 0 spiro atoms. The molecular formula is C18H15ClN2O. The zero-order valence-corrected chi connectivity index (χ0v) is 12.8. The number of carbonyl (C=O) groups is 1. The molecular weight excluding hydrogens is 296 g/mol. The van der Waals surface area contributed by atoms with Crippen LogP contribution in [0, 0.1) is 0 Å². The van der Waals surface area contributed by atoms with Crippen LogP contribution >= 0.6 is 11.6 Å². The molecule has 3 nitrogen and oxygen atoms in total. The number of hydrogen-bond donors (Lipinski definition) is 1. The van der Waals surface area contributed by atoms with E-state index >= 15 is 0 Å². The van der Waals surface area contributed by atoms with Crippen LogP contribution < -0.4 is 5.32 Å². The standard InChI is InChI=1S/C18H15ClN2O/c1-12(21-18(22)16-10-5-11-20-17(16)19)14-9-4-7-13-6-2-3-8-15(13)14/h2-12H,1H3,(H,21,22). The average molecular weight is 311 g/mol. The summed E-state index contributed by atoms with van der Waals surface area (Å²) in [4.78, 5) is 16.3. The summed E-state index contributed by atoms with van der Waals surface area (Å²) in [5.41, 5.74) is 1.46. The van der Waals surface area contributed by atoms with Gasteiger partial charge in [0, 0.05) is 6.20 Å². The van der Waals surface area contributed by atoms with Crippen LogP contribution in [-0.4, -0.2) is 10.9 Å². The van der Waals surface area contributed by atoms with Crippen LogP contribution in [-0.2, 0) is 0 Å². The van der Waals surface area contributed by atoms with Crippen LogP contribution in [0.3, 0.4) is 0 Å². The van der Waals surface area contributed by atoms with Crippen LogP contribution in [0.15, 0.2) is 60.8 Å². The van der Waals surface area contributed by atoms with Gasteiger partial charge in [0.25, 0.3) is 5.91 Å². The molecule has 2 aromatic carbocycles. The highest BCUT2D eigenvalue weighted by Gasteiger charge is 2.15. The fourth-order valence-corrected chi connectivity index (χ4v) is 2.74. The van der Waals surface area contributed by atoms with E-state index in [1.807, 2.05) is 31.2 Å². The highest BCUT2D eigenvalue weighted by molar-refractivity contribution is 6.32. The quantitative estimate of drug-likeness (QED) is 0.729. The summed E-state index contributed by atoms with van der Waals surface area (Å²) in [6.45, 7) is 1.96. The van der Waals surface area contributed by atoms with Gasteiger partial charge < -0.3 is 5.32 Å². The molecule has 0 aliphatic rings. The maximum Gasteiger partial charge on any atom is 0.254 e. The Bertz CT molecular complexity index is 827. The van der Waals surface area contributed by atoms with E-state index in [1.165, 1.54) is 0 Å². The minimum atomic E-state index is -0.224. The van der Waals surface area contributed by atoms with Gasteiger partial charge in [0.15, 0.2) is 0 Å². The van der Waals surface area contributed by atoms with Crippen molar-refractivity contribution in [2.45, 2.75) is 13.0 Å². The Morgan fingerprint density at radius 1 is 1.09 bits per heavy atom. The molecule has 4 heteroatoms. The lowest BCUT2D eigenvalue weighted by atomic mass is 9.99. The second kappa shape index (κ2) is 6.16. The Kier molecular flexibility index (Phi) is 4.07. The van der Waals surface area contributed by atoms with Crippen molar-refractivity contribution in [3.63, 3.8) is 0 Å². The Morgan fingerprint density at radius 2 is 1.86 bits per heavy atom. The van der Waals surface area contributed by atoms with Crippen molar-refractivity contribution in [1.29, 1.82) is 0 Å². The summed E-state index contributed by atoms with van der Waals surface area (Å²) < 4.78 is 0. The average Bonchev–Trinajstić information content (AvgIpc) is 2.54. The van der Waals surface area contributed by atoms with Gasteiger partial charge in [-0.1, -0.05) is 54.1 Å². The van der Waals surface area contributed by atoms with Gasteiger partial charge in [0.05, 0.1) is 11.6 Å². The SMILES string of the molecule is CC(NC(=O)c1cccnc1Cl)c1cccc2ccccc12. The first-order valence-corrected chi connectivity index (χ1v) is 7.43. The predicted octanol–water partition coefficient (Wildman–Crippen LogP) is 4.38. The highest BCUT2D eigenvalue weighted by Crippen LogP contribution is 2.24. The van der Waals surface area contributed by atoms with E-state index in [4.69, 9.17) is 11.6 Å². The summed E-state index contributed by atoms with van der Waals surface area (Å²) >= 11 is 5.97. The number of carbonyl (C=O) groups excluding carboxylic acids is 1. The molecule has 22 heavy (non-hydrogen) atoms. The van der Waals surface area contributed by atoms with Crippen molar-refractivity contribution in [3.8, 4) is 0 Å². The van der Waals surface area contributed by atoms with Gasteiger partial charge in [0.2, 0.25) is 0 Å². The Labute approximate surface area is 133 Å². The minimum Gasteiger partial charge on any atom is -0.345 e. The van der Waals surface area contributed by atoms with Crippen molar-refractivity contribution >= 4 is 28.3 Å². The molecule has 0 aliphatic carbocycles. The number of hydrogen-bond acceptors (Lipinski definition) is 2. The van der Waals surface area contributed by atoms with E-state index in [0.717, 1.165) is 16.3 Å². The number of nitrogens with zero attached hydrogens (tertiary/aromatic N) is 1. The third kappa shape index (κ3) is 2.81. The highest BCUT2D eigenvalue weighted by atomic mass is 35.5. The number of fused-ring (bicyclic) bond motifs is 1. The number of pyridine rings is 1. The van der Waals surface area contributed by atoms with Gasteiger partial charge in [-0.3, -0.25) is 4.79 Å². The minimum absolute atomic E-state index is 0.130. The van der Waals surface area contributed by atoms with Crippen molar-refractivity contribution in [1.82, 2.24) is 10.3 Å². The fraction of sp³-hybridized carbons (Fsp3) is 0.111. The topological polar surface area (TPSA) is 42.0 Å². The summed E-state index contributed by atoms with van der Waals surface area (Å²) in [6.07, 6.45) is 1.56. The molecule has 1 N–H and O–H groups in total. The van der Waals surface area contributed by atoms with Gasteiger partial charge in [-0.25, -0.2) is 4.98 Å². The van der Waals surface area contributed by atoms with Gasteiger partial charge in [-0.15, -0.1) is 0 Å². The zero-order chi connectivity index (χ0) is 15.5. The second-order valence-electron chi connectivity index (χ2n) is 5.11. The Hall–Kier alpha value is -2.39. The molecule has 1 unspecified atom stereocenters. The summed E-state index contributed by atoms with van der Waals surface area (Å²) in [5.74, 6) is -0.224. The molecule has 0 aliphatic heterocycles. The number of halogens is 1. The Balaban J connectivity index is 1.89. The molecule has 3 aromatic rings. The van der Waals surface area contributed by atoms with Gasteiger partial charge in [0.1, 0.15) is 5.15 Å². The van der Waals surface area contributed by atoms with Crippen LogP contribution in [0.5, 0.6) is 0 Å². The van der Waals surface area contributed by atoms with E-state index in [1.54, 1.807) is 18.3 Å². The normalized spacial score (nSPS) is 12.1. The molecule has 3 rings (SSSR count). The van der Waals surface area contributed by atoms with Crippen molar-refractivity contribution in [3.05, 3.63) is 77.1 Å². The van der Waals surface area contributed by atoms with Crippen LogP contribution in [0.4, 0.5) is 0 Å². The van der Waals surface area contributed by atoms with Crippen molar-refractivity contribution in [2.24, 2.45) is 0 Å².